The van der Waals surface area contributed by atoms with Gasteiger partial charge in [-0.15, -0.1) is 0 Å². The van der Waals surface area contributed by atoms with E-state index < -0.39 is 5.54 Å². The number of likely N-dealkylation sites (tertiary alicyclic amines) is 1. The Morgan fingerprint density at radius 3 is 2.76 bits per heavy atom. The highest BCUT2D eigenvalue weighted by Crippen LogP contribution is 2.20. The van der Waals surface area contributed by atoms with E-state index in [4.69, 9.17) is 10.5 Å². The molecule has 0 saturated carbocycles. The van der Waals surface area contributed by atoms with Crippen molar-refractivity contribution in [2.24, 2.45) is 11.7 Å². The third-order valence-corrected chi connectivity index (χ3v) is 3.91. The van der Waals surface area contributed by atoms with Crippen molar-refractivity contribution in [3.8, 4) is 0 Å². The largest absolute Gasteiger partial charge is 0.380 e. The topological polar surface area (TPSA) is 67.6 Å². The summed E-state index contributed by atoms with van der Waals surface area (Å²) in [5, 5.41) is 3.01. The molecule has 1 fully saturated rings. The van der Waals surface area contributed by atoms with E-state index in [-0.39, 0.29) is 12.0 Å². The quantitative estimate of drug-likeness (QED) is 0.702. The number of rotatable bonds is 5. The molecule has 100 valence electrons. The highest BCUT2D eigenvalue weighted by molar-refractivity contribution is 5.84. The van der Waals surface area contributed by atoms with Gasteiger partial charge in [-0.2, -0.15) is 0 Å². The maximum Gasteiger partial charge on any atom is 0.238 e. The van der Waals surface area contributed by atoms with Gasteiger partial charge in [0, 0.05) is 20.2 Å². The molecule has 1 aliphatic heterocycles. The van der Waals surface area contributed by atoms with Crippen LogP contribution >= 0.6 is 0 Å². The van der Waals surface area contributed by atoms with E-state index in [2.05, 4.69) is 17.1 Å². The minimum atomic E-state index is -0.668. The number of nitrogens with two attached hydrogens (primary N) is 1. The van der Waals surface area contributed by atoms with Gasteiger partial charge in [-0.3, -0.25) is 9.69 Å². The average molecular weight is 243 g/mol. The number of likely N-dealkylation sites (N-methyl/N-ethyl adjacent to an activating group) is 1. The number of hydrogen-bond donors (Lipinski definition) is 2. The van der Waals surface area contributed by atoms with Crippen LogP contribution in [0.5, 0.6) is 0 Å². The van der Waals surface area contributed by atoms with Crippen molar-refractivity contribution < 1.29 is 9.53 Å². The fraction of sp³-hybridized carbons (Fsp3) is 0.917. The van der Waals surface area contributed by atoms with Crippen molar-refractivity contribution in [2.75, 3.05) is 33.8 Å². The molecule has 1 rings (SSSR count). The summed E-state index contributed by atoms with van der Waals surface area (Å²) >= 11 is 0. The SMILES string of the molecule is CNC(C)(CN1CCC(C)C(OC)C1)C(N)=O. The van der Waals surface area contributed by atoms with Gasteiger partial charge >= 0.3 is 0 Å². The second kappa shape index (κ2) is 5.80. The molecule has 1 heterocycles. The van der Waals surface area contributed by atoms with E-state index in [0.29, 0.717) is 12.5 Å². The van der Waals surface area contributed by atoms with E-state index in [1.54, 1.807) is 14.2 Å². The molecule has 5 nitrogen and oxygen atoms in total. The molecule has 3 atom stereocenters. The van der Waals surface area contributed by atoms with Crippen LogP contribution < -0.4 is 11.1 Å². The highest BCUT2D eigenvalue weighted by Gasteiger charge is 2.34. The minimum absolute atomic E-state index is 0.248. The Kier molecular flexibility index (Phi) is 4.91. The van der Waals surface area contributed by atoms with Gasteiger partial charge in [0.15, 0.2) is 0 Å². The van der Waals surface area contributed by atoms with Crippen molar-refractivity contribution >= 4 is 5.91 Å². The maximum absolute atomic E-state index is 11.4. The first-order chi connectivity index (χ1) is 7.92. The van der Waals surface area contributed by atoms with Crippen LogP contribution in [0.2, 0.25) is 0 Å². The Morgan fingerprint density at radius 2 is 2.29 bits per heavy atom. The fourth-order valence-electron chi connectivity index (χ4n) is 2.28. The number of nitrogens with one attached hydrogen (secondary N) is 1. The lowest BCUT2D eigenvalue weighted by atomic mass is 9.93. The molecular formula is C12H25N3O2. The molecule has 1 saturated heterocycles. The van der Waals surface area contributed by atoms with Crippen LogP contribution in [0.4, 0.5) is 0 Å². The number of amides is 1. The van der Waals surface area contributed by atoms with E-state index in [0.717, 1.165) is 19.5 Å². The monoisotopic (exact) mass is 243 g/mol. The molecule has 1 aliphatic rings. The summed E-state index contributed by atoms with van der Waals surface area (Å²) in [6.07, 6.45) is 1.34. The molecule has 5 heteroatoms. The summed E-state index contributed by atoms with van der Waals surface area (Å²) in [5.74, 6) is 0.262. The van der Waals surface area contributed by atoms with Crippen LogP contribution in [0.1, 0.15) is 20.3 Å². The van der Waals surface area contributed by atoms with Gasteiger partial charge in [0.05, 0.1) is 6.10 Å². The molecule has 3 unspecified atom stereocenters. The average Bonchev–Trinajstić information content (AvgIpc) is 2.31. The number of piperidine rings is 1. The smallest absolute Gasteiger partial charge is 0.238 e. The van der Waals surface area contributed by atoms with Crippen LogP contribution in [0, 0.1) is 5.92 Å². The Labute approximate surface area is 104 Å². The van der Waals surface area contributed by atoms with E-state index >= 15 is 0 Å². The number of carbonyl (C=O) groups excluding carboxylic acids is 1. The highest BCUT2D eigenvalue weighted by atomic mass is 16.5. The molecule has 0 bridgehead atoms. The summed E-state index contributed by atoms with van der Waals surface area (Å²) in [5.41, 5.74) is 4.77. The first-order valence-electron chi connectivity index (χ1n) is 6.17. The summed E-state index contributed by atoms with van der Waals surface area (Å²) < 4.78 is 5.46. The van der Waals surface area contributed by atoms with Gasteiger partial charge in [-0.05, 0) is 32.9 Å². The number of nitrogens with zero attached hydrogens (tertiary/aromatic N) is 1. The third-order valence-electron chi connectivity index (χ3n) is 3.91. The zero-order valence-electron chi connectivity index (χ0n) is 11.3. The van der Waals surface area contributed by atoms with Crippen LogP contribution in [0.25, 0.3) is 0 Å². The second-order valence-electron chi connectivity index (χ2n) is 5.22. The van der Waals surface area contributed by atoms with Crippen LogP contribution in [0.15, 0.2) is 0 Å². The van der Waals surface area contributed by atoms with Gasteiger partial charge in [0.2, 0.25) is 5.91 Å². The van der Waals surface area contributed by atoms with Crippen LogP contribution in [0.3, 0.4) is 0 Å². The van der Waals surface area contributed by atoms with Gasteiger partial charge in [0.25, 0.3) is 0 Å². The second-order valence-corrected chi connectivity index (χ2v) is 5.22. The number of primary amides is 1. The van der Waals surface area contributed by atoms with Gasteiger partial charge in [0.1, 0.15) is 5.54 Å². The molecule has 0 radical (unpaired) electrons. The standard InChI is InChI=1S/C12H25N3O2/c1-9-5-6-15(7-10(9)17-4)8-12(2,14-3)11(13)16/h9-10,14H,5-8H2,1-4H3,(H2,13,16). The maximum atomic E-state index is 11.4. The van der Waals surface area contributed by atoms with Crippen molar-refractivity contribution in [1.29, 1.82) is 0 Å². The summed E-state index contributed by atoms with van der Waals surface area (Å²) in [4.78, 5) is 13.7. The lowest BCUT2D eigenvalue weighted by Crippen LogP contribution is -2.60. The Bertz CT molecular complexity index is 272. The van der Waals surface area contributed by atoms with Gasteiger partial charge in [-0.25, -0.2) is 0 Å². The van der Waals surface area contributed by atoms with Crippen molar-refractivity contribution in [2.45, 2.75) is 31.9 Å². The number of ether oxygens (including phenoxy) is 1. The normalized spacial score (nSPS) is 29.9. The first-order valence-corrected chi connectivity index (χ1v) is 6.17. The Morgan fingerprint density at radius 1 is 1.65 bits per heavy atom. The number of hydrogen-bond acceptors (Lipinski definition) is 4. The predicted molar refractivity (Wildman–Crippen MR) is 67.7 cm³/mol. The zero-order chi connectivity index (χ0) is 13.1. The van der Waals surface area contributed by atoms with E-state index in [9.17, 15) is 4.79 Å². The molecule has 1 amide bonds. The van der Waals surface area contributed by atoms with Crippen molar-refractivity contribution in [3.05, 3.63) is 0 Å². The molecule has 0 aromatic carbocycles. The predicted octanol–water partition coefficient (Wildman–Crippen LogP) is -0.193. The third kappa shape index (κ3) is 3.40. The molecule has 0 aromatic rings. The Balaban J connectivity index is 2.60. The van der Waals surface area contributed by atoms with Crippen LogP contribution in [-0.2, 0) is 9.53 Å². The molecule has 0 aliphatic carbocycles. The van der Waals surface area contributed by atoms with E-state index in [1.165, 1.54) is 0 Å². The zero-order valence-corrected chi connectivity index (χ0v) is 11.3. The van der Waals surface area contributed by atoms with Crippen LogP contribution in [-0.4, -0.2) is 56.2 Å². The summed E-state index contributed by atoms with van der Waals surface area (Å²) in [7, 11) is 3.52. The molecule has 3 N–H and O–H groups in total. The molecule has 0 aromatic heterocycles. The molecular weight excluding hydrogens is 218 g/mol. The Hall–Kier alpha value is -0.650. The molecule has 0 spiro atoms. The summed E-state index contributed by atoms with van der Waals surface area (Å²) in [6, 6.07) is 0. The molecule has 17 heavy (non-hydrogen) atoms. The summed E-state index contributed by atoms with van der Waals surface area (Å²) in [6.45, 7) is 6.53. The van der Waals surface area contributed by atoms with Gasteiger partial charge < -0.3 is 15.8 Å². The lowest BCUT2D eigenvalue weighted by Gasteiger charge is -2.40. The fourth-order valence-corrected chi connectivity index (χ4v) is 2.28. The minimum Gasteiger partial charge on any atom is -0.380 e. The number of carbonyl (C=O) groups is 1. The van der Waals surface area contributed by atoms with Crippen molar-refractivity contribution in [3.63, 3.8) is 0 Å². The lowest BCUT2D eigenvalue weighted by molar-refractivity contribution is -0.125. The first kappa shape index (κ1) is 14.4. The number of methoxy groups -OCH3 is 1. The van der Waals surface area contributed by atoms with Gasteiger partial charge in [-0.1, -0.05) is 6.92 Å². The van der Waals surface area contributed by atoms with E-state index in [1.807, 2.05) is 6.92 Å². The van der Waals surface area contributed by atoms with Crippen molar-refractivity contribution in [1.82, 2.24) is 10.2 Å².